The number of nitrogens with one attached hydrogen (secondary N) is 3. The van der Waals surface area contributed by atoms with Gasteiger partial charge in [-0.1, -0.05) is 12.1 Å². The van der Waals surface area contributed by atoms with Gasteiger partial charge in [0.2, 0.25) is 11.5 Å². The minimum Gasteiger partial charge on any atom is -0.345 e. The third-order valence-corrected chi connectivity index (χ3v) is 4.02. The highest BCUT2D eigenvalue weighted by Gasteiger charge is 2.29. The smallest absolute Gasteiger partial charge is 0.253 e. The Balaban J connectivity index is 1.60. The standard InChI is InChI=1S/C18H19N3O3/c1-11(20-18(24)14-6-9-16(22)19-10-14)12-4-7-15(8-5-12)21-17(23)13-2-3-13/h4-11,13H,2-3H2,1H3,(H,19,22)(H,20,24)(H,21,23)/t11-/m0/s1. The summed E-state index contributed by atoms with van der Waals surface area (Å²) in [7, 11) is 0. The van der Waals surface area contributed by atoms with Crippen LogP contribution in [0.15, 0.2) is 47.4 Å². The highest BCUT2D eigenvalue weighted by molar-refractivity contribution is 5.94. The Labute approximate surface area is 139 Å². The summed E-state index contributed by atoms with van der Waals surface area (Å²) in [5.41, 5.74) is 1.84. The number of benzene rings is 1. The number of carbonyl (C=O) groups excluding carboxylic acids is 2. The van der Waals surface area contributed by atoms with E-state index in [2.05, 4.69) is 15.6 Å². The van der Waals surface area contributed by atoms with Crippen LogP contribution < -0.4 is 16.2 Å². The molecule has 3 N–H and O–H groups in total. The van der Waals surface area contributed by atoms with Crippen LogP contribution in [-0.2, 0) is 4.79 Å². The quantitative estimate of drug-likeness (QED) is 0.787. The number of anilines is 1. The van der Waals surface area contributed by atoms with Gasteiger partial charge in [0.25, 0.3) is 5.91 Å². The Morgan fingerprint density at radius 1 is 1.12 bits per heavy atom. The number of pyridine rings is 1. The Kier molecular flexibility index (Phi) is 4.46. The van der Waals surface area contributed by atoms with Gasteiger partial charge in [0.15, 0.2) is 0 Å². The molecule has 6 nitrogen and oxygen atoms in total. The molecular weight excluding hydrogens is 306 g/mol. The Hall–Kier alpha value is -2.89. The van der Waals surface area contributed by atoms with Gasteiger partial charge < -0.3 is 15.6 Å². The molecule has 124 valence electrons. The summed E-state index contributed by atoms with van der Waals surface area (Å²) >= 11 is 0. The summed E-state index contributed by atoms with van der Waals surface area (Å²) in [4.78, 5) is 37.4. The second kappa shape index (κ2) is 6.70. The third-order valence-electron chi connectivity index (χ3n) is 4.02. The van der Waals surface area contributed by atoms with Crippen molar-refractivity contribution in [2.45, 2.75) is 25.8 Å². The third kappa shape index (κ3) is 3.90. The van der Waals surface area contributed by atoms with E-state index in [9.17, 15) is 14.4 Å². The fourth-order valence-corrected chi connectivity index (χ4v) is 2.36. The maximum atomic E-state index is 12.1. The first-order chi connectivity index (χ1) is 11.5. The average molecular weight is 325 g/mol. The van der Waals surface area contributed by atoms with Gasteiger partial charge in [0.1, 0.15) is 0 Å². The Morgan fingerprint density at radius 2 is 1.83 bits per heavy atom. The van der Waals surface area contributed by atoms with Gasteiger partial charge >= 0.3 is 0 Å². The zero-order valence-corrected chi connectivity index (χ0v) is 13.3. The molecule has 0 radical (unpaired) electrons. The fourth-order valence-electron chi connectivity index (χ4n) is 2.36. The summed E-state index contributed by atoms with van der Waals surface area (Å²) in [6.45, 7) is 1.88. The van der Waals surface area contributed by atoms with E-state index in [1.54, 1.807) is 0 Å². The molecule has 3 rings (SSSR count). The van der Waals surface area contributed by atoms with Crippen molar-refractivity contribution in [1.82, 2.24) is 10.3 Å². The van der Waals surface area contributed by atoms with E-state index in [4.69, 9.17) is 0 Å². The van der Waals surface area contributed by atoms with Crippen LogP contribution in [0.25, 0.3) is 0 Å². The van der Waals surface area contributed by atoms with Crippen LogP contribution in [0.2, 0.25) is 0 Å². The van der Waals surface area contributed by atoms with E-state index in [0.717, 1.165) is 24.1 Å². The molecule has 0 spiro atoms. The van der Waals surface area contributed by atoms with Gasteiger partial charge in [0.05, 0.1) is 11.6 Å². The molecule has 0 aliphatic heterocycles. The molecule has 1 aromatic carbocycles. The van der Waals surface area contributed by atoms with E-state index in [1.807, 2.05) is 31.2 Å². The first kappa shape index (κ1) is 16.0. The topological polar surface area (TPSA) is 91.1 Å². The first-order valence-corrected chi connectivity index (χ1v) is 7.93. The second-order valence-electron chi connectivity index (χ2n) is 6.02. The van der Waals surface area contributed by atoms with Crippen molar-refractivity contribution in [2.75, 3.05) is 5.32 Å². The molecule has 24 heavy (non-hydrogen) atoms. The summed E-state index contributed by atoms with van der Waals surface area (Å²) in [6, 6.07) is 10.0. The lowest BCUT2D eigenvalue weighted by Crippen LogP contribution is -2.27. The molecule has 1 fully saturated rings. The van der Waals surface area contributed by atoms with E-state index in [0.29, 0.717) is 5.56 Å². The monoisotopic (exact) mass is 325 g/mol. The van der Waals surface area contributed by atoms with Crippen LogP contribution in [0.5, 0.6) is 0 Å². The van der Waals surface area contributed by atoms with Gasteiger partial charge in [-0.2, -0.15) is 0 Å². The van der Waals surface area contributed by atoms with E-state index < -0.39 is 0 Å². The molecule has 1 atom stereocenters. The number of aromatic nitrogens is 1. The summed E-state index contributed by atoms with van der Waals surface area (Å²) in [6.07, 6.45) is 3.33. The van der Waals surface area contributed by atoms with Gasteiger partial charge in [-0.3, -0.25) is 14.4 Å². The van der Waals surface area contributed by atoms with Gasteiger partial charge in [-0.05, 0) is 43.5 Å². The molecule has 1 aliphatic rings. The molecular formula is C18H19N3O3. The van der Waals surface area contributed by atoms with Crippen LogP contribution in [0.1, 0.15) is 41.7 Å². The van der Waals surface area contributed by atoms with E-state index in [-0.39, 0.29) is 29.3 Å². The Morgan fingerprint density at radius 3 is 2.42 bits per heavy atom. The summed E-state index contributed by atoms with van der Waals surface area (Å²) in [5, 5.41) is 5.75. The normalized spacial score (nSPS) is 14.7. The number of H-pyrrole nitrogens is 1. The van der Waals surface area contributed by atoms with Crippen LogP contribution in [0.4, 0.5) is 5.69 Å². The first-order valence-electron chi connectivity index (χ1n) is 7.93. The summed E-state index contributed by atoms with van der Waals surface area (Å²) < 4.78 is 0. The number of hydrogen-bond donors (Lipinski definition) is 3. The lowest BCUT2D eigenvalue weighted by atomic mass is 10.1. The van der Waals surface area contributed by atoms with Gasteiger partial charge in [-0.25, -0.2) is 0 Å². The van der Waals surface area contributed by atoms with Crippen molar-refractivity contribution in [3.05, 3.63) is 64.1 Å². The lowest BCUT2D eigenvalue weighted by Gasteiger charge is -2.15. The number of carbonyl (C=O) groups is 2. The highest BCUT2D eigenvalue weighted by atomic mass is 16.2. The minimum atomic E-state index is -0.259. The second-order valence-corrected chi connectivity index (χ2v) is 6.02. The molecule has 6 heteroatoms. The van der Waals surface area contributed by atoms with Crippen molar-refractivity contribution < 1.29 is 9.59 Å². The molecule has 1 saturated carbocycles. The SMILES string of the molecule is C[C@H](NC(=O)c1ccc(=O)[nH]c1)c1ccc(NC(=O)C2CC2)cc1. The zero-order valence-electron chi connectivity index (χ0n) is 13.3. The van der Waals surface area contributed by atoms with Crippen molar-refractivity contribution >= 4 is 17.5 Å². The molecule has 1 heterocycles. The lowest BCUT2D eigenvalue weighted by molar-refractivity contribution is -0.117. The van der Waals surface area contributed by atoms with Gasteiger partial charge in [-0.15, -0.1) is 0 Å². The zero-order chi connectivity index (χ0) is 17.1. The number of hydrogen-bond acceptors (Lipinski definition) is 3. The van der Waals surface area contributed by atoms with Crippen molar-refractivity contribution in [3.8, 4) is 0 Å². The maximum absolute atomic E-state index is 12.1. The number of amides is 2. The van der Waals surface area contributed by atoms with E-state index in [1.165, 1.54) is 18.3 Å². The van der Waals surface area contributed by atoms with E-state index >= 15 is 0 Å². The molecule has 0 saturated heterocycles. The molecule has 1 aromatic heterocycles. The van der Waals surface area contributed by atoms with Gasteiger partial charge in [0, 0.05) is 23.9 Å². The molecule has 0 unspecified atom stereocenters. The van der Waals surface area contributed by atoms with Crippen molar-refractivity contribution in [3.63, 3.8) is 0 Å². The fraction of sp³-hybridized carbons (Fsp3) is 0.278. The summed E-state index contributed by atoms with van der Waals surface area (Å²) in [5.74, 6) is -0.0211. The number of aromatic amines is 1. The molecule has 2 amide bonds. The molecule has 2 aromatic rings. The average Bonchev–Trinajstić information content (AvgIpc) is 3.41. The van der Waals surface area contributed by atoms with Crippen LogP contribution in [-0.4, -0.2) is 16.8 Å². The maximum Gasteiger partial charge on any atom is 0.253 e. The van der Waals surface area contributed by atoms with Crippen molar-refractivity contribution in [2.24, 2.45) is 5.92 Å². The minimum absolute atomic E-state index is 0.0715. The molecule has 1 aliphatic carbocycles. The highest BCUT2D eigenvalue weighted by Crippen LogP contribution is 2.30. The van der Waals surface area contributed by atoms with Crippen LogP contribution in [0.3, 0.4) is 0 Å². The van der Waals surface area contributed by atoms with Crippen molar-refractivity contribution in [1.29, 1.82) is 0 Å². The predicted octanol–water partition coefficient (Wildman–Crippen LogP) is 2.21. The molecule has 0 bridgehead atoms. The number of rotatable bonds is 5. The largest absolute Gasteiger partial charge is 0.345 e. The Bertz CT molecular complexity index is 787. The van der Waals surface area contributed by atoms with Crippen LogP contribution >= 0.6 is 0 Å². The van der Waals surface area contributed by atoms with Crippen LogP contribution in [0, 0.1) is 5.92 Å². The predicted molar refractivity (Wildman–Crippen MR) is 90.7 cm³/mol.